The first kappa shape index (κ1) is 12.0. The number of carbonyl (C=O) groups is 1. The molecule has 0 radical (unpaired) electrons. The molecule has 1 saturated carbocycles. The van der Waals surface area contributed by atoms with E-state index in [-0.39, 0.29) is 5.60 Å². The lowest BCUT2D eigenvalue weighted by Gasteiger charge is -2.17. The SMILES string of the molecule is CC1(C)Cc2cc(C3(C(=O)O)CC3)cc(Br)c2O1. The number of rotatable bonds is 2. The summed E-state index contributed by atoms with van der Waals surface area (Å²) in [6.07, 6.45) is 2.29. The van der Waals surface area contributed by atoms with Gasteiger partial charge in [-0.3, -0.25) is 4.79 Å². The normalized spacial score (nSPS) is 22.2. The van der Waals surface area contributed by atoms with Gasteiger partial charge in [-0.05, 0) is 59.8 Å². The number of aliphatic carboxylic acids is 1. The minimum absolute atomic E-state index is 0.205. The fourth-order valence-electron chi connectivity index (χ4n) is 2.69. The van der Waals surface area contributed by atoms with Crippen LogP contribution in [0.4, 0.5) is 0 Å². The average molecular weight is 311 g/mol. The van der Waals surface area contributed by atoms with Gasteiger partial charge in [-0.15, -0.1) is 0 Å². The molecule has 18 heavy (non-hydrogen) atoms. The van der Waals surface area contributed by atoms with E-state index in [4.69, 9.17) is 4.74 Å². The molecule has 3 rings (SSSR count). The average Bonchev–Trinajstić information content (AvgIpc) is 2.98. The minimum atomic E-state index is -0.715. The molecule has 1 N–H and O–H groups in total. The van der Waals surface area contributed by atoms with Crippen molar-refractivity contribution >= 4 is 21.9 Å². The van der Waals surface area contributed by atoms with Crippen molar-refractivity contribution in [2.45, 2.75) is 44.1 Å². The van der Waals surface area contributed by atoms with E-state index in [1.807, 2.05) is 26.0 Å². The lowest BCUT2D eigenvalue weighted by molar-refractivity contribution is -0.140. The van der Waals surface area contributed by atoms with E-state index in [0.29, 0.717) is 0 Å². The molecule has 4 heteroatoms. The summed E-state index contributed by atoms with van der Waals surface area (Å²) in [6.45, 7) is 4.09. The van der Waals surface area contributed by atoms with Crippen molar-refractivity contribution in [3.05, 3.63) is 27.7 Å². The van der Waals surface area contributed by atoms with E-state index >= 15 is 0 Å². The second kappa shape index (κ2) is 3.50. The highest BCUT2D eigenvalue weighted by Crippen LogP contribution is 2.51. The highest BCUT2D eigenvalue weighted by Gasteiger charge is 2.52. The summed E-state index contributed by atoms with van der Waals surface area (Å²) >= 11 is 3.50. The molecule has 1 aromatic rings. The largest absolute Gasteiger partial charge is 0.486 e. The Morgan fingerprint density at radius 3 is 2.61 bits per heavy atom. The van der Waals surface area contributed by atoms with Gasteiger partial charge in [-0.1, -0.05) is 6.07 Å². The zero-order valence-electron chi connectivity index (χ0n) is 10.4. The number of ether oxygens (including phenoxy) is 1. The van der Waals surface area contributed by atoms with E-state index in [0.717, 1.165) is 40.6 Å². The number of hydrogen-bond donors (Lipinski definition) is 1. The summed E-state index contributed by atoms with van der Waals surface area (Å²) in [5, 5.41) is 9.35. The number of benzene rings is 1. The van der Waals surface area contributed by atoms with E-state index in [9.17, 15) is 9.90 Å². The summed E-state index contributed by atoms with van der Waals surface area (Å²) in [4.78, 5) is 11.4. The summed E-state index contributed by atoms with van der Waals surface area (Å²) in [7, 11) is 0. The topological polar surface area (TPSA) is 46.5 Å². The zero-order valence-corrected chi connectivity index (χ0v) is 12.0. The second-order valence-electron chi connectivity index (χ2n) is 5.87. The van der Waals surface area contributed by atoms with Crippen LogP contribution in [0, 0.1) is 0 Å². The maximum Gasteiger partial charge on any atom is 0.314 e. The molecule has 1 aromatic carbocycles. The molecule has 1 aliphatic heterocycles. The first-order chi connectivity index (χ1) is 8.34. The molecule has 0 bridgehead atoms. The van der Waals surface area contributed by atoms with E-state index in [1.54, 1.807) is 0 Å². The van der Waals surface area contributed by atoms with E-state index in [2.05, 4.69) is 15.9 Å². The van der Waals surface area contributed by atoms with Gasteiger partial charge in [0.1, 0.15) is 11.4 Å². The van der Waals surface area contributed by atoms with Crippen molar-refractivity contribution in [3.8, 4) is 5.75 Å². The fourth-order valence-corrected chi connectivity index (χ4v) is 3.28. The number of carboxylic acids is 1. The van der Waals surface area contributed by atoms with Crippen LogP contribution in [-0.4, -0.2) is 16.7 Å². The monoisotopic (exact) mass is 310 g/mol. The minimum Gasteiger partial charge on any atom is -0.486 e. The number of halogens is 1. The highest BCUT2D eigenvalue weighted by molar-refractivity contribution is 9.10. The summed E-state index contributed by atoms with van der Waals surface area (Å²) in [6, 6.07) is 3.91. The Morgan fingerprint density at radius 1 is 1.39 bits per heavy atom. The third-order valence-electron chi connectivity index (χ3n) is 3.83. The van der Waals surface area contributed by atoms with Gasteiger partial charge in [0, 0.05) is 6.42 Å². The van der Waals surface area contributed by atoms with Crippen molar-refractivity contribution in [3.63, 3.8) is 0 Å². The standard InChI is InChI=1S/C14H15BrO3/c1-13(2)7-8-5-9(6-10(15)11(8)18-13)14(3-4-14)12(16)17/h5-6H,3-4,7H2,1-2H3,(H,16,17). The van der Waals surface area contributed by atoms with Crippen molar-refractivity contribution in [1.82, 2.24) is 0 Å². The van der Waals surface area contributed by atoms with E-state index in [1.165, 1.54) is 0 Å². The van der Waals surface area contributed by atoms with Crippen LogP contribution in [0.25, 0.3) is 0 Å². The van der Waals surface area contributed by atoms with Crippen molar-refractivity contribution in [2.75, 3.05) is 0 Å². The third-order valence-corrected chi connectivity index (χ3v) is 4.42. The summed E-state index contributed by atoms with van der Waals surface area (Å²) in [5.41, 5.74) is 1.16. The van der Waals surface area contributed by atoms with Crippen molar-refractivity contribution < 1.29 is 14.6 Å². The van der Waals surface area contributed by atoms with Crippen LogP contribution in [0.5, 0.6) is 5.75 Å². The molecule has 0 saturated heterocycles. The molecule has 0 atom stereocenters. The quantitative estimate of drug-likeness (QED) is 0.912. The molecule has 0 aromatic heterocycles. The molecule has 0 spiro atoms. The van der Waals surface area contributed by atoms with Gasteiger partial charge in [0.2, 0.25) is 0 Å². The molecule has 0 amide bonds. The zero-order chi connectivity index (χ0) is 13.1. The molecular formula is C14H15BrO3. The fraction of sp³-hybridized carbons (Fsp3) is 0.500. The summed E-state index contributed by atoms with van der Waals surface area (Å²) in [5.74, 6) is 0.150. The number of carboxylic acid groups (broad SMARTS) is 1. The van der Waals surface area contributed by atoms with Gasteiger partial charge < -0.3 is 9.84 Å². The number of hydrogen-bond acceptors (Lipinski definition) is 2. The predicted octanol–water partition coefficient (Wildman–Crippen LogP) is 3.28. The van der Waals surface area contributed by atoms with Crippen LogP contribution in [0.2, 0.25) is 0 Å². The first-order valence-electron chi connectivity index (χ1n) is 6.09. The maximum atomic E-state index is 11.4. The molecule has 3 nitrogen and oxygen atoms in total. The van der Waals surface area contributed by atoms with Crippen molar-refractivity contribution in [2.24, 2.45) is 0 Å². The molecule has 96 valence electrons. The maximum absolute atomic E-state index is 11.4. The Morgan fingerprint density at radius 2 is 2.06 bits per heavy atom. The lowest BCUT2D eigenvalue weighted by Crippen LogP contribution is -2.24. The molecule has 0 unspecified atom stereocenters. The van der Waals surface area contributed by atoms with Crippen LogP contribution in [0.3, 0.4) is 0 Å². The summed E-state index contributed by atoms with van der Waals surface area (Å²) < 4.78 is 6.75. The smallest absolute Gasteiger partial charge is 0.314 e. The van der Waals surface area contributed by atoms with Gasteiger partial charge in [0.25, 0.3) is 0 Å². The first-order valence-corrected chi connectivity index (χ1v) is 6.89. The third kappa shape index (κ3) is 1.66. The van der Waals surface area contributed by atoms with Gasteiger partial charge in [-0.2, -0.15) is 0 Å². The van der Waals surface area contributed by atoms with Crippen LogP contribution in [0.15, 0.2) is 16.6 Å². The Kier molecular flexibility index (Phi) is 2.34. The van der Waals surface area contributed by atoms with Gasteiger partial charge in [-0.25, -0.2) is 0 Å². The Bertz CT molecular complexity index is 544. The molecule has 1 aliphatic carbocycles. The van der Waals surface area contributed by atoms with Gasteiger partial charge >= 0.3 is 5.97 Å². The molecular weight excluding hydrogens is 296 g/mol. The van der Waals surface area contributed by atoms with Crippen LogP contribution in [-0.2, 0) is 16.6 Å². The van der Waals surface area contributed by atoms with Crippen molar-refractivity contribution in [1.29, 1.82) is 0 Å². The predicted molar refractivity (Wildman–Crippen MR) is 71.1 cm³/mol. The van der Waals surface area contributed by atoms with Gasteiger partial charge in [0.05, 0.1) is 9.89 Å². The number of fused-ring (bicyclic) bond motifs is 1. The Labute approximate surface area is 114 Å². The Hall–Kier alpha value is -1.03. The Balaban J connectivity index is 2.07. The van der Waals surface area contributed by atoms with Crippen LogP contribution in [0.1, 0.15) is 37.8 Å². The molecule has 1 fully saturated rings. The van der Waals surface area contributed by atoms with Crippen LogP contribution >= 0.6 is 15.9 Å². The van der Waals surface area contributed by atoms with Crippen LogP contribution < -0.4 is 4.74 Å². The second-order valence-corrected chi connectivity index (χ2v) is 6.73. The molecule has 2 aliphatic rings. The van der Waals surface area contributed by atoms with E-state index < -0.39 is 11.4 Å². The lowest BCUT2D eigenvalue weighted by atomic mass is 9.92. The molecule has 1 heterocycles. The highest BCUT2D eigenvalue weighted by atomic mass is 79.9. The van der Waals surface area contributed by atoms with Gasteiger partial charge in [0.15, 0.2) is 0 Å².